The van der Waals surface area contributed by atoms with Crippen molar-refractivity contribution in [3.05, 3.63) is 70.3 Å². The van der Waals surface area contributed by atoms with E-state index in [4.69, 9.17) is 21.1 Å². The number of sulfonamides is 1. The van der Waals surface area contributed by atoms with Crippen LogP contribution >= 0.6 is 11.6 Å². The first-order valence-corrected chi connectivity index (χ1v) is 20.5. The number of piperazine rings is 1. The van der Waals surface area contributed by atoms with Crippen molar-refractivity contribution in [3.8, 4) is 5.75 Å². The largest absolute Gasteiger partial charge is 0.490 e. The van der Waals surface area contributed by atoms with Gasteiger partial charge in [-0.25, -0.2) is 13.1 Å². The Hall–Kier alpha value is -2.63. The minimum absolute atomic E-state index is 0.195. The lowest BCUT2D eigenvalue weighted by molar-refractivity contribution is -0.173. The number of allylic oxidation sites excluding steroid dienone is 1. The van der Waals surface area contributed by atoms with E-state index in [-0.39, 0.29) is 11.3 Å². The van der Waals surface area contributed by atoms with Crippen molar-refractivity contribution >= 4 is 33.2 Å². The summed E-state index contributed by atoms with van der Waals surface area (Å²) in [4.78, 5) is 21.1. The molecule has 0 unspecified atom stereocenters. The van der Waals surface area contributed by atoms with Gasteiger partial charge >= 0.3 is 0 Å². The van der Waals surface area contributed by atoms with Crippen LogP contribution in [0.25, 0.3) is 0 Å². The molecule has 50 heavy (non-hydrogen) atoms. The number of carbonyl (C=O) groups excluding carboxylic acids is 1. The van der Waals surface area contributed by atoms with Crippen molar-refractivity contribution in [2.45, 2.75) is 74.7 Å². The number of ether oxygens (including phenoxy) is 2. The third kappa shape index (κ3) is 6.16. The highest BCUT2D eigenvalue weighted by Gasteiger charge is 2.52. The second-order valence-electron chi connectivity index (χ2n) is 16.2. The highest BCUT2D eigenvalue weighted by Crippen LogP contribution is 2.50. The van der Waals surface area contributed by atoms with Gasteiger partial charge in [0.05, 0.1) is 24.2 Å². The fourth-order valence-corrected chi connectivity index (χ4v) is 11.2. The average Bonchev–Trinajstić information content (AvgIpc) is 3.22. The zero-order valence-electron chi connectivity index (χ0n) is 29.6. The summed E-state index contributed by atoms with van der Waals surface area (Å²) in [5.74, 6) is 0.617. The minimum atomic E-state index is -3.93. The molecule has 6 aliphatic rings. The summed E-state index contributed by atoms with van der Waals surface area (Å²) < 4.78 is 43.2. The third-order valence-electron chi connectivity index (χ3n) is 13.0. The summed E-state index contributed by atoms with van der Waals surface area (Å²) in [6.07, 6.45) is 10.2. The molecule has 2 bridgehead atoms. The van der Waals surface area contributed by atoms with Gasteiger partial charge < -0.3 is 19.3 Å². The molecule has 1 N–H and O–H groups in total. The Labute approximate surface area is 302 Å². The molecule has 2 aliphatic carbocycles. The third-order valence-corrected chi connectivity index (χ3v) is 15.2. The Morgan fingerprint density at radius 2 is 1.90 bits per heavy atom. The maximum atomic E-state index is 13.6. The van der Waals surface area contributed by atoms with Crippen LogP contribution in [0.1, 0.15) is 67.4 Å². The van der Waals surface area contributed by atoms with Crippen LogP contribution in [-0.4, -0.2) is 101 Å². The van der Waals surface area contributed by atoms with Crippen LogP contribution in [0.2, 0.25) is 5.02 Å². The van der Waals surface area contributed by atoms with Crippen LogP contribution < -0.4 is 14.4 Å². The number of nitrogens with one attached hydrogen (secondary N) is 1. The molecule has 4 aliphatic heterocycles. The van der Waals surface area contributed by atoms with E-state index in [0.717, 1.165) is 87.8 Å². The van der Waals surface area contributed by atoms with Gasteiger partial charge in [-0.1, -0.05) is 36.7 Å². The Balaban J connectivity index is 1.21. The molecule has 2 spiro atoms. The standard InChI is InChI=1S/C39H51ClN4O5S/c1-26-6-4-15-39(24-43-17-16-42(3)21-32(43)22-49-39)34-11-8-30(34)20-44-23-38(14-5-7-28-18-31(40)10-12-33(28)38)25-48-36-13-9-29(19-35(36)44)37(45)41-50(46,47)27(26)2/h4,9-10,12-13,15,18-19,26-27,30,32,34H,5-8,11,14,16-17,20-25H2,1-3H3,(H,41,45)/b15-4+/t26-,27+,30-,32+,34+,38-,39-/m0/s1. The maximum Gasteiger partial charge on any atom is 0.264 e. The van der Waals surface area contributed by atoms with Crippen molar-refractivity contribution in [2.75, 3.05) is 64.4 Å². The number of likely N-dealkylation sites (N-methyl/N-ethyl adjacent to an activating group) is 1. The number of benzene rings is 2. The van der Waals surface area contributed by atoms with E-state index in [1.807, 2.05) is 25.1 Å². The Morgan fingerprint density at radius 3 is 2.72 bits per heavy atom. The predicted octanol–water partition coefficient (Wildman–Crippen LogP) is 5.27. The van der Waals surface area contributed by atoms with Crippen molar-refractivity contribution < 1.29 is 22.7 Å². The Morgan fingerprint density at radius 1 is 1.04 bits per heavy atom. The summed E-state index contributed by atoms with van der Waals surface area (Å²) in [5.41, 5.74) is 3.05. The number of hydrogen-bond acceptors (Lipinski definition) is 8. The highest BCUT2D eigenvalue weighted by molar-refractivity contribution is 7.90. The lowest BCUT2D eigenvalue weighted by Crippen LogP contribution is -2.66. The SMILES string of the molecule is C[C@@H]1[C@@H](C)C/C=C/[C@]2(CN3CCN(C)C[C@@H]3CO2)[C@@H]2CC[C@H]2CN2C[C@@]3(CCCc4cc(Cl)ccc43)COc3ccc(cc32)C(=O)NS1(=O)=O. The molecule has 8 rings (SSSR count). The number of amides is 1. The first kappa shape index (κ1) is 34.5. The quantitative estimate of drug-likeness (QED) is 0.368. The molecule has 1 amide bonds. The summed E-state index contributed by atoms with van der Waals surface area (Å²) in [6.45, 7) is 10.3. The van der Waals surface area contributed by atoms with E-state index in [1.165, 1.54) is 11.1 Å². The number of hydrogen-bond donors (Lipinski definition) is 1. The summed E-state index contributed by atoms with van der Waals surface area (Å²) in [5, 5.41) is -0.00484. The molecule has 2 aromatic carbocycles. The molecular weight excluding hydrogens is 672 g/mol. The molecule has 2 saturated heterocycles. The molecule has 4 heterocycles. The zero-order chi connectivity index (χ0) is 34.8. The number of fused-ring (bicyclic) bond motifs is 6. The van der Waals surface area contributed by atoms with Crippen molar-refractivity contribution in [2.24, 2.45) is 17.8 Å². The number of aryl methyl sites for hydroxylation is 1. The molecule has 3 fully saturated rings. The van der Waals surface area contributed by atoms with E-state index in [0.29, 0.717) is 43.1 Å². The summed E-state index contributed by atoms with van der Waals surface area (Å²) >= 11 is 6.49. The van der Waals surface area contributed by atoms with E-state index in [1.54, 1.807) is 13.0 Å². The lowest BCUT2D eigenvalue weighted by atomic mass is 9.63. The van der Waals surface area contributed by atoms with Gasteiger partial charge in [0.1, 0.15) is 11.4 Å². The number of anilines is 1. The molecule has 7 atom stereocenters. The highest BCUT2D eigenvalue weighted by atomic mass is 35.5. The van der Waals surface area contributed by atoms with Gasteiger partial charge in [-0.05, 0) is 112 Å². The minimum Gasteiger partial charge on any atom is -0.490 e. The molecule has 2 aromatic rings. The Kier molecular flexibility index (Phi) is 9.03. The van der Waals surface area contributed by atoms with Gasteiger partial charge in [0.25, 0.3) is 5.91 Å². The molecule has 0 radical (unpaired) electrons. The lowest BCUT2D eigenvalue weighted by Gasteiger charge is -2.56. The van der Waals surface area contributed by atoms with Gasteiger partial charge in [-0.2, -0.15) is 0 Å². The van der Waals surface area contributed by atoms with Crippen molar-refractivity contribution in [1.29, 1.82) is 0 Å². The second-order valence-corrected chi connectivity index (χ2v) is 18.7. The number of rotatable bonds is 0. The monoisotopic (exact) mass is 722 g/mol. The van der Waals surface area contributed by atoms with Gasteiger partial charge in [0.15, 0.2) is 0 Å². The fraction of sp³-hybridized carbons (Fsp3) is 0.615. The predicted molar refractivity (Wildman–Crippen MR) is 197 cm³/mol. The van der Waals surface area contributed by atoms with Crippen LogP contribution in [0.15, 0.2) is 48.6 Å². The van der Waals surface area contributed by atoms with Crippen LogP contribution in [0.5, 0.6) is 5.75 Å². The summed E-state index contributed by atoms with van der Waals surface area (Å²) in [7, 11) is -1.74. The van der Waals surface area contributed by atoms with E-state index in [9.17, 15) is 13.2 Å². The zero-order valence-corrected chi connectivity index (χ0v) is 31.1. The molecular formula is C39H51ClN4O5S. The van der Waals surface area contributed by atoms with Gasteiger partial charge in [0.2, 0.25) is 10.0 Å². The first-order valence-electron chi connectivity index (χ1n) is 18.6. The first-order chi connectivity index (χ1) is 24.0. The van der Waals surface area contributed by atoms with Crippen LogP contribution in [-0.2, 0) is 26.6 Å². The fourth-order valence-electron chi connectivity index (χ4n) is 9.71. The molecule has 11 heteroatoms. The molecule has 270 valence electrons. The average molecular weight is 723 g/mol. The topological polar surface area (TPSA) is 91.4 Å². The Bertz CT molecular complexity index is 1790. The van der Waals surface area contributed by atoms with E-state index < -0.39 is 26.8 Å². The number of carbonyl (C=O) groups is 1. The molecule has 9 nitrogen and oxygen atoms in total. The smallest absolute Gasteiger partial charge is 0.264 e. The molecule has 0 aromatic heterocycles. The van der Waals surface area contributed by atoms with Gasteiger partial charge in [0, 0.05) is 61.3 Å². The van der Waals surface area contributed by atoms with Gasteiger partial charge in [-0.3, -0.25) is 9.69 Å². The van der Waals surface area contributed by atoms with Crippen molar-refractivity contribution in [1.82, 2.24) is 14.5 Å². The van der Waals surface area contributed by atoms with E-state index >= 15 is 0 Å². The second kappa shape index (κ2) is 13.1. The number of halogens is 1. The van der Waals surface area contributed by atoms with Crippen LogP contribution in [0.4, 0.5) is 5.69 Å². The number of morpholine rings is 1. The van der Waals surface area contributed by atoms with Gasteiger partial charge in [-0.15, -0.1) is 0 Å². The number of nitrogens with zero attached hydrogens (tertiary/aromatic N) is 3. The molecule has 1 saturated carbocycles. The van der Waals surface area contributed by atoms with Crippen LogP contribution in [0.3, 0.4) is 0 Å². The van der Waals surface area contributed by atoms with Crippen molar-refractivity contribution in [3.63, 3.8) is 0 Å². The summed E-state index contributed by atoms with van der Waals surface area (Å²) in [6, 6.07) is 12.1. The normalized spacial score (nSPS) is 36.6. The maximum absolute atomic E-state index is 13.6. The van der Waals surface area contributed by atoms with Crippen LogP contribution in [0, 0.1) is 17.8 Å². The van der Waals surface area contributed by atoms with E-state index in [2.05, 4.69) is 50.8 Å².